The molecule has 2 bridgehead atoms. The number of hydrazone groups is 1. The molecule has 4 rings (SSSR count). The van der Waals surface area contributed by atoms with Gasteiger partial charge in [-0.15, -0.1) is 0 Å². The van der Waals surface area contributed by atoms with E-state index >= 15 is 0 Å². The second kappa shape index (κ2) is 5.55. The summed E-state index contributed by atoms with van der Waals surface area (Å²) in [6.07, 6.45) is 3.40. The minimum atomic E-state index is -0.244. The Morgan fingerprint density at radius 1 is 1.28 bits per heavy atom. The highest BCUT2D eigenvalue weighted by Crippen LogP contribution is 2.63. The predicted molar refractivity (Wildman–Crippen MR) is 98.2 cm³/mol. The lowest BCUT2D eigenvalue weighted by atomic mass is 9.70. The van der Waals surface area contributed by atoms with Crippen LogP contribution in [-0.4, -0.2) is 21.8 Å². The topological polar surface area (TPSA) is 70.1 Å². The molecule has 1 amide bonds. The number of rotatable bonds is 3. The number of aromatic nitrogens is 2. The van der Waals surface area contributed by atoms with E-state index in [2.05, 4.69) is 41.5 Å². The van der Waals surface area contributed by atoms with Gasteiger partial charge in [-0.3, -0.25) is 9.89 Å². The van der Waals surface area contributed by atoms with Crippen molar-refractivity contribution in [2.45, 2.75) is 40.0 Å². The molecule has 0 saturated heterocycles. The Hall–Kier alpha value is -2.43. The van der Waals surface area contributed by atoms with Crippen LogP contribution in [0.5, 0.6) is 0 Å². The Morgan fingerprint density at radius 3 is 2.68 bits per heavy atom. The van der Waals surface area contributed by atoms with Gasteiger partial charge in [0.25, 0.3) is 5.91 Å². The number of hydrogen-bond acceptors (Lipinski definition) is 3. The highest BCUT2D eigenvalue weighted by atomic mass is 16.2. The number of nitrogens with one attached hydrogen (secondary N) is 2. The molecule has 0 aliphatic heterocycles. The first-order valence-electron chi connectivity index (χ1n) is 8.90. The fourth-order valence-corrected chi connectivity index (χ4v) is 4.47. The monoisotopic (exact) mass is 336 g/mol. The van der Waals surface area contributed by atoms with E-state index in [-0.39, 0.29) is 16.7 Å². The smallest absolute Gasteiger partial charge is 0.272 e. The van der Waals surface area contributed by atoms with Gasteiger partial charge in [-0.05, 0) is 36.7 Å². The Morgan fingerprint density at radius 2 is 2.04 bits per heavy atom. The summed E-state index contributed by atoms with van der Waals surface area (Å²) in [5, 5.41) is 11.5. The van der Waals surface area contributed by atoms with Gasteiger partial charge in [-0.25, -0.2) is 5.43 Å². The van der Waals surface area contributed by atoms with E-state index < -0.39 is 0 Å². The second-order valence-electron chi connectivity index (χ2n) is 8.03. The molecule has 2 fully saturated rings. The van der Waals surface area contributed by atoms with E-state index in [0.717, 1.165) is 29.8 Å². The summed E-state index contributed by atoms with van der Waals surface area (Å²) in [6, 6.07) is 11.6. The molecule has 0 radical (unpaired) electrons. The molecule has 5 nitrogen and oxygen atoms in total. The van der Waals surface area contributed by atoms with Crippen LogP contribution in [0.3, 0.4) is 0 Å². The van der Waals surface area contributed by atoms with E-state index in [1.54, 1.807) is 6.07 Å². The van der Waals surface area contributed by atoms with Crippen molar-refractivity contribution < 1.29 is 4.79 Å². The van der Waals surface area contributed by atoms with Crippen LogP contribution < -0.4 is 5.43 Å². The van der Waals surface area contributed by atoms with Crippen LogP contribution in [0, 0.1) is 16.7 Å². The van der Waals surface area contributed by atoms with Crippen LogP contribution in [0.4, 0.5) is 0 Å². The van der Waals surface area contributed by atoms with Crippen LogP contribution in [-0.2, 0) is 0 Å². The SMILES string of the molecule is CC1(C)[C@@H]2CC[C@]1(C)/C(=N/NC(=O)c1cc(-c3ccccc3)n[nH]1)C2. The number of carbonyl (C=O) groups is 1. The molecule has 2 aliphatic carbocycles. The molecule has 25 heavy (non-hydrogen) atoms. The summed E-state index contributed by atoms with van der Waals surface area (Å²) in [5.41, 5.74) is 6.37. The number of hydrogen-bond donors (Lipinski definition) is 2. The summed E-state index contributed by atoms with van der Waals surface area (Å²) in [7, 11) is 0. The number of aromatic amines is 1. The summed E-state index contributed by atoms with van der Waals surface area (Å²) < 4.78 is 0. The predicted octanol–water partition coefficient (Wildman–Crippen LogP) is 4.01. The molecular weight excluding hydrogens is 312 g/mol. The van der Waals surface area contributed by atoms with Gasteiger partial charge in [-0.2, -0.15) is 10.2 Å². The van der Waals surface area contributed by atoms with Gasteiger partial charge in [0.15, 0.2) is 0 Å². The van der Waals surface area contributed by atoms with Gasteiger partial charge in [0.2, 0.25) is 0 Å². The van der Waals surface area contributed by atoms with Gasteiger partial charge < -0.3 is 0 Å². The summed E-state index contributed by atoms with van der Waals surface area (Å²) >= 11 is 0. The quantitative estimate of drug-likeness (QED) is 0.832. The zero-order valence-corrected chi connectivity index (χ0v) is 15.0. The third-order valence-corrected chi connectivity index (χ3v) is 6.70. The van der Waals surface area contributed by atoms with Crippen LogP contribution in [0.1, 0.15) is 50.5 Å². The van der Waals surface area contributed by atoms with Gasteiger partial charge in [0, 0.05) is 16.7 Å². The molecule has 2 atom stereocenters. The van der Waals surface area contributed by atoms with Crippen molar-refractivity contribution in [1.82, 2.24) is 15.6 Å². The first kappa shape index (κ1) is 16.1. The van der Waals surface area contributed by atoms with Gasteiger partial charge >= 0.3 is 0 Å². The molecule has 130 valence electrons. The fraction of sp³-hybridized carbons (Fsp3) is 0.450. The number of amides is 1. The van der Waals surface area contributed by atoms with Gasteiger partial charge in [0.1, 0.15) is 5.69 Å². The Balaban J connectivity index is 1.50. The van der Waals surface area contributed by atoms with E-state index in [4.69, 9.17) is 0 Å². The highest BCUT2D eigenvalue weighted by Gasteiger charge is 2.60. The zero-order valence-electron chi connectivity index (χ0n) is 15.0. The van der Waals surface area contributed by atoms with Gasteiger partial charge in [0.05, 0.1) is 5.69 Å². The molecule has 2 saturated carbocycles. The Kier molecular flexibility index (Phi) is 3.56. The molecular formula is C20H24N4O. The van der Waals surface area contributed by atoms with E-state index in [1.165, 1.54) is 6.42 Å². The zero-order chi connectivity index (χ0) is 17.7. The third-order valence-electron chi connectivity index (χ3n) is 6.70. The maximum Gasteiger partial charge on any atom is 0.289 e. The number of nitrogens with zero attached hydrogens (tertiary/aromatic N) is 2. The van der Waals surface area contributed by atoms with E-state index in [9.17, 15) is 4.79 Å². The first-order valence-corrected chi connectivity index (χ1v) is 8.90. The maximum atomic E-state index is 12.4. The lowest BCUT2D eigenvalue weighted by molar-refractivity contribution is 0.0949. The Bertz CT molecular complexity index is 836. The van der Waals surface area contributed by atoms with Crippen molar-refractivity contribution in [3.63, 3.8) is 0 Å². The molecule has 5 heteroatoms. The summed E-state index contributed by atoms with van der Waals surface area (Å²) in [5.74, 6) is 0.427. The molecule has 0 unspecified atom stereocenters. The molecule has 2 aromatic rings. The average Bonchev–Trinajstić information content (AvgIpc) is 3.23. The van der Waals surface area contributed by atoms with Crippen molar-refractivity contribution in [3.05, 3.63) is 42.1 Å². The number of fused-ring (bicyclic) bond motifs is 2. The summed E-state index contributed by atoms with van der Waals surface area (Å²) in [6.45, 7) is 6.95. The molecule has 2 N–H and O–H groups in total. The normalized spacial score (nSPS) is 28.4. The number of benzene rings is 1. The summed E-state index contributed by atoms with van der Waals surface area (Å²) in [4.78, 5) is 12.4. The van der Waals surface area contributed by atoms with E-state index in [0.29, 0.717) is 11.6 Å². The van der Waals surface area contributed by atoms with Crippen molar-refractivity contribution >= 4 is 11.6 Å². The van der Waals surface area contributed by atoms with Crippen LogP contribution in [0.2, 0.25) is 0 Å². The minimum absolute atomic E-state index is 0.0914. The maximum absolute atomic E-state index is 12.4. The Labute approximate surface area is 147 Å². The largest absolute Gasteiger partial charge is 0.289 e. The highest BCUT2D eigenvalue weighted by molar-refractivity contribution is 5.97. The van der Waals surface area contributed by atoms with Crippen molar-refractivity contribution in [2.75, 3.05) is 0 Å². The standard InChI is InChI=1S/C20H24N4O/c1-19(2)14-9-10-20(19,3)17(11-14)23-24-18(25)16-12-15(21-22-16)13-7-5-4-6-8-13/h4-8,12,14H,9-11H2,1-3H3,(H,21,22)(H,24,25)/b23-17+/t14-,20-/m1/s1. The lowest BCUT2D eigenvalue weighted by Gasteiger charge is -2.34. The van der Waals surface area contributed by atoms with Crippen molar-refractivity contribution in [1.29, 1.82) is 0 Å². The average molecular weight is 336 g/mol. The molecule has 1 aromatic heterocycles. The minimum Gasteiger partial charge on any atom is -0.272 e. The molecule has 1 aromatic carbocycles. The molecule has 1 heterocycles. The third kappa shape index (κ3) is 2.41. The second-order valence-corrected chi connectivity index (χ2v) is 8.03. The fourth-order valence-electron chi connectivity index (χ4n) is 4.47. The first-order chi connectivity index (χ1) is 11.9. The van der Waals surface area contributed by atoms with Crippen LogP contribution in [0.25, 0.3) is 11.3 Å². The number of H-pyrrole nitrogens is 1. The molecule has 2 aliphatic rings. The molecule has 0 spiro atoms. The van der Waals surface area contributed by atoms with Gasteiger partial charge in [-0.1, -0.05) is 51.1 Å². The van der Waals surface area contributed by atoms with Crippen LogP contribution in [0.15, 0.2) is 41.5 Å². The van der Waals surface area contributed by atoms with Crippen molar-refractivity contribution in [2.24, 2.45) is 21.8 Å². The number of carbonyl (C=O) groups excluding carboxylic acids is 1. The van der Waals surface area contributed by atoms with Crippen LogP contribution >= 0.6 is 0 Å². The lowest BCUT2D eigenvalue weighted by Crippen LogP contribution is -2.34. The van der Waals surface area contributed by atoms with Crippen molar-refractivity contribution in [3.8, 4) is 11.3 Å². The van der Waals surface area contributed by atoms with E-state index in [1.807, 2.05) is 30.3 Å².